The quantitative estimate of drug-likeness (QED) is 0.863. The van der Waals surface area contributed by atoms with Gasteiger partial charge in [0.15, 0.2) is 11.5 Å². The monoisotopic (exact) mass is 324 g/mol. The maximum Gasteiger partial charge on any atom is 0.290 e. The van der Waals surface area contributed by atoms with Gasteiger partial charge in [0.05, 0.1) is 11.7 Å². The third kappa shape index (κ3) is 3.66. The predicted molar refractivity (Wildman–Crippen MR) is 89.1 cm³/mol. The molecule has 24 heavy (non-hydrogen) atoms. The van der Waals surface area contributed by atoms with E-state index in [0.717, 1.165) is 18.5 Å². The number of hydrogen-bond donors (Lipinski definition) is 1. The second-order valence-corrected chi connectivity index (χ2v) is 6.38. The van der Waals surface area contributed by atoms with Gasteiger partial charge in [-0.25, -0.2) is 0 Å². The fourth-order valence-electron chi connectivity index (χ4n) is 2.77. The van der Waals surface area contributed by atoms with Crippen molar-refractivity contribution in [2.24, 2.45) is 0 Å². The van der Waals surface area contributed by atoms with Crippen molar-refractivity contribution >= 4 is 5.91 Å². The Bertz CT molecular complexity index is 778. The Morgan fingerprint density at radius 2 is 2.21 bits per heavy atom. The molecular formula is C19H20N2O3. The molecule has 0 unspecified atom stereocenters. The van der Waals surface area contributed by atoms with E-state index in [1.807, 2.05) is 18.2 Å². The van der Waals surface area contributed by atoms with Gasteiger partial charge in [0.2, 0.25) is 0 Å². The Labute approximate surface area is 141 Å². The van der Waals surface area contributed by atoms with Crippen LogP contribution in [0.5, 0.6) is 0 Å². The summed E-state index contributed by atoms with van der Waals surface area (Å²) < 4.78 is 5.54. The molecule has 0 bridgehead atoms. The van der Waals surface area contributed by atoms with Gasteiger partial charge < -0.3 is 14.4 Å². The summed E-state index contributed by atoms with van der Waals surface area (Å²) in [4.78, 5) is 18.9. The average molecular weight is 324 g/mol. The maximum absolute atomic E-state index is 12.8. The Morgan fingerprint density at radius 3 is 2.92 bits per heavy atom. The SMILES string of the molecule is CC(C)(O)C#Cc1ccc(C(=O)N2CCC[C@H]2c2ccccn2)o1. The van der Waals surface area contributed by atoms with Crippen LogP contribution in [0.2, 0.25) is 0 Å². The van der Waals surface area contributed by atoms with E-state index in [1.165, 1.54) is 0 Å². The van der Waals surface area contributed by atoms with E-state index < -0.39 is 5.60 Å². The lowest BCUT2D eigenvalue weighted by Gasteiger charge is -2.23. The first kappa shape index (κ1) is 16.3. The van der Waals surface area contributed by atoms with Gasteiger partial charge in [-0.2, -0.15) is 0 Å². The summed E-state index contributed by atoms with van der Waals surface area (Å²) in [7, 11) is 0. The van der Waals surface area contributed by atoms with Crippen LogP contribution in [0.3, 0.4) is 0 Å². The molecule has 3 heterocycles. The van der Waals surface area contributed by atoms with E-state index >= 15 is 0 Å². The minimum absolute atomic E-state index is 0.0188. The van der Waals surface area contributed by atoms with Gasteiger partial charge in [0, 0.05) is 12.7 Å². The normalized spacial score (nSPS) is 17.5. The fourth-order valence-corrected chi connectivity index (χ4v) is 2.77. The van der Waals surface area contributed by atoms with Gasteiger partial charge in [0.25, 0.3) is 5.91 Å². The second kappa shape index (κ2) is 6.50. The van der Waals surface area contributed by atoms with Gasteiger partial charge in [-0.3, -0.25) is 9.78 Å². The average Bonchev–Trinajstić information content (AvgIpc) is 3.22. The maximum atomic E-state index is 12.8. The summed E-state index contributed by atoms with van der Waals surface area (Å²) in [6.45, 7) is 3.87. The summed E-state index contributed by atoms with van der Waals surface area (Å²) in [5, 5.41) is 9.63. The van der Waals surface area contributed by atoms with Gasteiger partial charge >= 0.3 is 0 Å². The molecular weight excluding hydrogens is 304 g/mol. The van der Waals surface area contributed by atoms with Crippen LogP contribution in [0.15, 0.2) is 40.9 Å². The Morgan fingerprint density at radius 1 is 1.38 bits per heavy atom. The van der Waals surface area contributed by atoms with Crippen LogP contribution in [0.4, 0.5) is 0 Å². The standard InChI is InChI=1S/C19H20N2O3/c1-19(2,23)11-10-14-8-9-17(24-14)18(22)21-13-5-7-16(21)15-6-3-4-12-20-15/h3-4,6,8-9,12,16,23H,5,7,13H2,1-2H3/t16-/m0/s1. The topological polar surface area (TPSA) is 66.6 Å². The fraction of sp³-hybridized carbons (Fsp3) is 0.368. The lowest BCUT2D eigenvalue weighted by Crippen LogP contribution is -2.30. The van der Waals surface area contributed by atoms with E-state index in [0.29, 0.717) is 12.3 Å². The highest BCUT2D eigenvalue weighted by atomic mass is 16.4. The molecule has 1 aliphatic heterocycles. The molecule has 1 atom stereocenters. The second-order valence-electron chi connectivity index (χ2n) is 6.38. The Kier molecular flexibility index (Phi) is 4.41. The van der Waals surface area contributed by atoms with Crippen molar-refractivity contribution in [1.82, 2.24) is 9.88 Å². The molecule has 2 aromatic heterocycles. The van der Waals surface area contributed by atoms with Crippen molar-refractivity contribution in [2.45, 2.75) is 38.3 Å². The number of nitrogens with zero attached hydrogens (tertiary/aromatic N) is 2. The summed E-state index contributed by atoms with van der Waals surface area (Å²) in [5.41, 5.74) is -0.201. The van der Waals surface area contributed by atoms with Gasteiger partial charge in [0.1, 0.15) is 5.60 Å². The van der Waals surface area contributed by atoms with Crippen molar-refractivity contribution in [1.29, 1.82) is 0 Å². The number of aromatic nitrogens is 1. The number of rotatable bonds is 2. The van der Waals surface area contributed by atoms with E-state index in [9.17, 15) is 9.90 Å². The molecule has 1 aliphatic rings. The first-order chi connectivity index (χ1) is 11.4. The summed E-state index contributed by atoms with van der Waals surface area (Å²) in [6.07, 6.45) is 3.58. The lowest BCUT2D eigenvalue weighted by atomic mass is 10.1. The molecule has 1 amide bonds. The molecule has 1 fully saturated rings. The molecule has 0 spiro atoms. The van der Waals surface area contributed by atoms with Crippen LogP contribution in [-0.2, 0) is 0 Å². The molecule has 0 aromatic carbocycles. The van der Waals surface area contributed by atoms with Crippen LogP contribution < -0.4 is 0 Å². The summed E-state index contributed by atoms with van der Waals surface area (Å²) >= 11 is 0. The highest BCUT2D eigenvalue weighted by Crippen LogP contribution is 2.32. The van der Waals surface area contributed by atoms with E-state index in [4.69, 9.17) is 4.42 Å². The number of amides is 1. The number of aliphatic hydroxyl groups is 1. The van der Waals surface area contributed by atoms with Crippen molar-refractivity contribution < 1.29 is 14.3 Å². The van der Waals surface area contributed by atoms with Crippen molar-refractivity contribution in [2.75, 3.05) is 6.54 Å². The van der Waals surface area contributed by atoms with Crippen LogP contribution in [0, 0.1) is 11.8 Å². The van der Waals surface area contributed by atoms with Crippen LogP contribution >= 0.6 is 0 Å². The van der Waals surface area contributed by atoms with E-state index in [1.54, 1.807) is 37.1 Å². The molecule has 3 rings (SSSR count). The Balaban J connectivity index is 1.79. The Hall–Kier alpha value is -2.58. The highest BCUT2D eigenvalue weighted by Gasteiger charge is 2.32. The highest BCUT2D eigenvalue weighted by molar-refractivity contribution is 5.92. The zero-order valence-corrected chi connectivity index (χ0v) is 13.8. The molecule has 0 aliphatic carbocycles. The number of carbonyl (C=O) groups excluding carboxylic acids is 1. The van der Waals surface area contributed by atoms with Crippen molar-refractivity contribution in [3.63, 3.8) is 0 Å². The first-order valence-corrected chi connectivity index (χ1v) is 8.01. The largest absolute Gasteiger partial charge is 0.443 e. The number of likely N-dealkylation sites (tertiary alicyclic amines) is 1. The van der Waals surface area contributed by atoms with E-state index in [2.05, 4.69) is 16.8 Å². The van der Waals surface area contributed by atoms with E-state index in [-0.39, 0.29) is 17.7 Å². The van der Waals surface area contributed by atoms with Gasteiger partial charge in [-0.1, -0.05) is 12.0 Å². The summed E-state index contributed by atoms with van der Waals surface area (Å²) in [6, 6.07) is 9.00. The third-order valence-corrected chi connectivity index (χ3v) is 3.85. The first-order valence-electron chi connectivity index (χ1n) is 8.01. The molecule has 0 radical (unpaired) electrons. The predicted octanol–water partition coefficient (Wildman–Crippen LogP) is 2.77. The molecule has 124 valence electrons. The molecule has 1 N–H and O–H groups in total. The van der Waals surface area contributed by atoms with Crippen LogP contribution in [-0.4, -0.2) is 33.0 Å². The van der Waals surface area contributed by atoms with Gasteiger partial charge in [-0.15, -0.1) is 0 Å². The number of hydrogen-bond acceptors (Lipinski definition) is 4. The number of pyridine rings is 1. The number of carbonyl (C=O) groups is 1. The van der Waals surface area contributed by atoms with Crippen molar-refractivity contribution in [3.8, 4) is 11.8 Å². The molecule has 0 saturated carbocycles. The van der Waals surface area contributed by atoms with Gasteiger partial charge in [-0.05, 0) is 56.9 Å². The minimum atomic E-state index is -1.10. The lowest BCUT2D eigenvalue weighted by molar-refractivity contribution is 0.0700. The smallest absolute Gasteiger partial charge is 0.290 e. The third-order valence-electron chi connectivity index (χ3n) is 3.85. The van der Waals surface area contributed by atoms with Crippen molar-refractivity contribution in [3.05, 3.63) is 53.7 Å². The molecule has 1 saturated heterocycles. The molecule has 5 nitrogen and oxygen atoms in total. The van der Waals surface area contributed by atoms with Crippen LogP contribution in [0.25, 0.3) is 0 Å². The van der Waals surface area contributed by atoms with Crippen LogP contribution in [0.1, 0.15) is 54.7 Å². The summed E-state index contributed by atoms with van der Waals surface area (Å²) in [5.74, 6) is 5.89. The molecule has 5 heteroatoms. The molecule has 2 aromatic rings. The minimum Gasteiger partial charge on any atom is -0.443 e. The number of furan rings is 1. The zero-order valence-electron chi connectivity index (χ0n) is 13.8. The zero-order chi connectivity index (χ0) is 17.2.